The van der Waals surface area contributed by atoms with Crippen LogP contribution in [0.15, 0.2) is 10.4 Å². The smallest absolute Gasteiger partial charge is 0.308 e. The lowest BCUT2D eigenvalue weighted by Crippen LogP contribution is -2.47. The average Bonchev–Trinajstić information content (AvgIpc) is 3.25. The fourth-order valence-corrected chi connectivity index (χ4v) is 5.26. The number of aromatic nitrogens is 1. The van der Waals surface area contributed by atoms with Crippen molar-refractivity contribution in [2.45, 2.75) is 71.4 Å². The molecule has 1 saturated carbocycles. The van der Waals surface area contributed by atoms with Crippen molar-refractivity contribution >= 4 is 23.3 Å². The quantitative estimate of drug-likeness (QED) is 0.360. The molecule has 1 aliphatic carbocycles. The third-order valence-electron chi connectivity index (χ3n) is 6.46. The maximum absolute atomic E-state index is 11.9. The van der Waals surface area contributed by atoms with Gasteiger partial charge in [-0.1, -0.05) is 6.92 Å². The fraction of sp³-hybridized carbons (Fsp3) is 0.783. The second-order valence-electron chi connectivity index (χ2n) is 8.70. The Hall–Kier alpha value is -1.67. The van der Waals surface area contributed by atoms with Crippen molar-refractivity contribution in [1.29, 1.82) is 0 Å². The van der Waals surface area contributed by atoms with Crippen LogP contribution in [-0.2, 0) is 22.5 Å². The molecule has 1 aliphatic heterocycles. The maximum Gasteiger partial charge on any atom is 0.308 e. The lowest BCUT2D eigenvalue weighted by atomic mass is 9.86. The second-order valence-corrected chi connectivity index (χ2v) is 9.65. The SMILES string of the molecule is CCOC(=O)C1CCC(NC(=NC)NCC2CCN(Cc3csc(CC)n3)CC2)CC1. The van der Waals surface area contributed by atoms with Crippen LogP contribution in [0.2, 0.25) is 0 Å². The molecule has 7 nitrogen and oxygen atoms in total. The Morgan fingerprint density at radius 3 is 2.58 bits per heavy atom. The Bertz CT molecular complexity index is 707. The summed E-state index contributed by atoms with van der Waals surface area (Å²) in [6, 6.07) is 0.379. The standard InChI is InChI=1S/C23H39N5O2S/c1-4-21-26-20(16-31-21)15-28-12-10-17(11-13-28)14-25-23(24-3)27-19-8-6-18(7-9-19)22(29)30-5-2/h16-19H,4-15H2,1-3H3,(H2,24,25,27). The molecule has 0 amide bonds. The van der Waals surface area contributed by atoms with Crippen LogP contribution in [-0.4, -0.2) is 61.1 Å². The summed E-state index contributed by atoms with van der Waals surface area (Å²) in [5.74, 6) is 1.60. The van der Waals surface area contributed by atoms with Gasteiger partial charge in [-0.15, -0.1) is 11.3 Å². The summed E-state index contributed by atoms with van der Waals surface area (Å²) >= 11 is 1.78. The number of carbonyl (C=O) groups is 1. The van der Waals surface area contributed by atoms with E-state index in [1.807, 2.05) is 14.0 Å². The molecule has 2 heterocycles. The fourth-order valence-electron chi connectivity index (χ4n) is 4.52. The van der Waals surface area contributed by atoms with Crippen LogP contribution in [0.4, 0.5) is 0 Å². The number of hydrogen-bond acceptors (Lipinski definition) is 6. The van der Waals surface area contributed by atoms with Crippen LogP contribution in [0.1, 0.15) is 63.1 Å². The van der Waals surface area contributed by atoms with Gasteiger partial charge in [0.25, 0.3) is 0 Å². The van der Waals surface area contributed by atoms with Crippen LogP contribution < -0.4 is 10.6 Å². The number of ether oxygens (including phenoxy) is 1. The summed E-state index contributed by atoms with van der Waals surface area (Å²) in [6.45, 7) is 8.71. The molecule has 2 aliphatic rings. The van der Waals surface area contributed by atoms with Crippen LogP contribution in [0.3, 0.4) is 0 Å². The molecular weight excluding hydrogens is 410 g/mol. The summed E-state index contributed by atoms with van der Waals surface area (Å²) in [7, 11) is 1.83. The van der Waals surface area contributed by atoms with Crippen LogP contribution >= 0.6 is 11.3 Å². The molecular formula is C23H39N5O2S. The van der Waals surface area contributed by atoms with Crippen molar-refractivity contribution in [2.75, 3.05) is 33.3 Å². The van der Waals surface area contributed by atoms with Gasteiger partial charge in [-0.3, -0.25) is 14.7 Å². The first-order valence-corrected chi connectivity index (χ1v) is 12.8. The molecule has 0 radical (unpaired) electrons. The molecule has 1 aromatic rings. The zero-order valence-electron chi connectivity index (χ0n) is 19.4. The number of likely N-dealkylation sites (tertiary alicyclic amines) is 1. The predicted molar refractivity (Wildman–Crippen MR) is 126 cm³/mol. The van der Waals surface area contributed by atoms with Crippen LogP contribution in [0.5, 0.6) is 0 Å². The number of aryl methyl sites for hydroxylation is 1. The van der Waals surface area contributed by atoms with Crippen molar-refractivity contribution in [1.82, 2.24) is 20.5 Å². The monoisotopic (exact) mass is 449 g/mol. The second kappa shape index (κ2) is 12.4. The van der Waals surface area contributed by atoms with E-state index < -0.39 is 0 Å². The number of guanidine groups is 1. The van der Waals surface area contributed by atoms with E-state index in [1.165, 1.54) is 23.5 Å². The first kappa shape index (κ1) is 24.0. The number of aliphatic imine (C=N–C) groups is 1. The summed E-state index contributed by atoms with van der Waals surface area (Å²) in [4.78, 5) is 23.6. The molecule has 31 heavy (non-hydrogen) atoms. The zero-order valence-corrected chi connectivity index (χ0v) is 20.2. The molecule has 0 unspecified atom stereocenters. The molecule has 0 bridgehead atoms. The topological polar surface area (TPSA) is 78.8 Å². The van der Waals surface area contributed by atoms with E-state index >= 15 is 0 Å². The average molecular weight is 450 g/mol. The molecule has 3 rings (SSSR count). The van der Waals surface area contributed by atoms with Crippen molar-refractivity contribution in [3.05, 3.63) is 16.1 Å². The molecule has 0 spiro atoms. The maximum atomic E-state index is 11.9. The van der Waals surface area contributed by atoms with E-state index in [1.54, 1.807) is 11.3 Å². The summed E-state index contributed by atoms with van der Waals surface area (Å²) in [6.07, 6.45) is 7.20. The third kappa shape index (κ3) is 7.45. The highest BCUT2D eigenvalue weighted by Gasteiger charge is 2.28. The van der Waals surface area contributed by atoms with Crippen molar-refractivity contribution in [3.63, 3.8) is 0 Å². The Kier molecular flexibility index (Phi) is 9.58. The first-order valence-electron chi connectivity index (χ1n) is 11.9. The Balaban J connectivity index is 1.33. The van der Waals surface area contributed by atoms with Gasteiger partial charge in [-0.25, -0.2) is 4.98 Å². The van der Waals surface area contributed by atoms with Gasteiger partial charge in [0.2, 0.25) is 0 Å². The number of piperidine rings is 1. The summed E-state index contributed by atoms with van der Waals surface area (Å²) in [5, 5.41) is 10.5. The molecule has 0 aromatic carbocycles. The third-order valence-corrected chi connectivity index (χ3v) is 7.51. The molecule has 174 valence electrons. The number of rotatable bonds is 8. The van der Waals surface area contributed by atoms with Gasteiger partial charge in [-0.05, 0) is 70.9 Å². The van der Waals surface area contributed by atoms with E-state index in [0.717, 1.165) is 64.2 Å². The Labute approximate surface area is 191 Å². The Morgan fingerprint density at radius 1 is 1.23 bits per heavy atom. The lowest BCUT2D eigenvalue weighted by molar-refractivity contribution is -0.149. The number of nitrogens with zero attached hydrogens (tertiary/aromatic N) is 3. The van der Waals surface area contributed by atoms with Gasteiger partial charge in [0.1, 0.15) is 0 Å². The molecule has 1 aromatic heterocycles. The van der Waals surface area contributed by atoms with Gasteiger partial charge < -0.3 is 15.4 Å². The van der Waals surface area contributed by atoms with Gasteiger partial charge >= 0.3 is 5.97 Å². The summed E-state index contributed by atoms with van der Waals surface area (Å²) < 4.78 is 5.17. The van der Waals surface area contributed by atoms with Gasteiger partial charge in [0.05, 0.1) is 23.2 Å². The normalized spacial score (nSPS) is 23.5. The predicted octanol–water partition coefficient (Wildman–Crippen LogP) is 3.20. The van der Waals surface area contributed by atoms with E-state index in [-0.39, 0.29) is 11.9 Å². The van der Waals surface area contributed by atoms with Crippen molar-refractivity contribution in [3.8, 4) is 0 Å². The minimum atomic E-state index is -0.0321. The van der Waals surface area contributed by atoms with E-state index in [9.17, 15) is 4.79 Å². The van der Waals surface area contributed by atoms with Gasteiger partial charge in [-0.2, -0.15) is 0 Å². The van der Waals surface area contributed by atoms with Crippen LogP contribution in [0, 0.1) is 11.8 Å². The Morgan fingerprint density at radius 2 is 1.97 bits per heavy atom. The highest BCUT2D eigenvalue weighted by atomic mass is 32.1. The molecule has 0 atom stereocenters. The van der Waals surface area contributed by atoms with E-state index in [0.29, 0.717) is 18.6 Å². The molecule has 2 N–H and O–H groups in total. The number of carbonyl (C=O) groups excluding carboxylic acids is 1. The zero-order chi connectivity index (χ0) is 22.1. The highest BCUT2D eigenvalue weighted by Crippen LogP contribution is 2.25. The van der Waals surface area contributed by atoms with Crippen molar-refractivity contribution < 1.29 is 9.53 Å². The number of nitrogens with one attached hydrogen (secondary N) is 2. The van der Waals surface area contributed by atoms with E-state index in [2.05, 4.69) is 32.8 Å². The number of thiazole rings is 1. The minimum Gasteiger partial charge on any atom is -0.466 e. The lowest BCUT2D eigenvalue weighted by Gasteiger charge is -2.32. The first-order chi connectivity index (χ1) is 15.1. The minimum absolute atomic E-state index is 0.0321. The van der Waals surface area contributed by atoms with E-state index in [4.69, 9.17) is 9.72 Å². The number of esters is 1. The molecule has 1 saturated heterocycles. The van der Waals surface area contributed by atoms with Crippen molar-refractivity contribution in [2.24, 2.45) is 16.8 Å². The summed E-state index contributed by atoms with van der Waals surface area (Å²) in [5.41, 5.74) is 1.22. The number of hydrogen-bond donors (Lipinski definition) is 2. The van der Waals surface area contributed by atoms with Crippen LogP contribution in [0.25, 0.3) is 0 Å². The largest absolute Gasteiger partial charge is 0.466 e. The molecule has 2 fully saturated rings. The van der Waals surface area contributed by atoms with Gasteiger partial charge in [0, 0.05) is 31.6 Å². The molecule has 8 heteroatoms. The van der Waals surface area contributed by atoms with Gasteiger partial charge in [0.15, 0.2) is 5.96 Å². The highest BCUT2D eigenvalue weighted by molar-refractivity contribution is 7.09.